The first-order valence-electron chi connectivity index (χ1n) is 8.52. The van der Waals surface area contributed by atoms with Crippen LogP contribution < -0.4 is 4.90 Å². The number of aryl methyl sites for hydroxylation is 1. The number of imidazole rings is 1. The molecule has 3 rings (SSSR count). The summed E-state index contributed by atoms with van der Waals surface area (Å²) in [7, 11) is 3.68. The van der Waals surface area contributed by atoms with Crippen LogP contribution in [0.2, 0.25) is 0 Å². The highest BCUT2D eigenvalue weighted by molar-refractivity contribution is 9.10. The minimum atomic E-state index is -0.0469. The van der Waals surface area contributed by atoms with Crippen LogP contribution in [0.15, 0.2) is 29.3 Å². The van der Waals surface area contributed by atoms with Crippen LogP contribution in [0, 0.1) is 17.2 Å². The van der Waals surface area contributed by atoms with Gasteiger partial charge in [-0.2, -0.15) is 5.26 Å². The van der Waals surface area contributed by atoms with Crippen molar-refractivity contribution in [1.82, 2.24) is 19.4 Å². The molecule has 8 heteroatoms. The number of nitrogens with zero attached hydrogens (tertiary/aromatic N) is 6. The molecule has 3 heterocycles. The van der Waals surface area contributed by atoms with E-state index in [2.05, 4.69) is 36.9 Å². The minimum absolute atomic E-state index is 0.0469. The fourth-order valence-electron chi connectivity index (χ4n) is 3.28. The van der Waals surface area contributed by atoms with Crippen molar-refractivity contribution < 1.29 is 4.79 Å². The molecule has 0 aliphatic carbocycles. The molecule has 26 heavy (non-hydrogen) atoms. The molecular formula is C18H21BrN6O. The van der Waals surface area contributed by atoms with Crippen molar-refractivity contribution in [2.75, 3.05) is 31.6 Å². The van der Waals surface area contributed by atoms with E-state index in [-0.39, 0.29) is 5.91 Å². The molecular weight excluding hydrogens is 396 g/mol. The zero-order chi connectivity index (χ0) is 18.7. The first-order valence-corrected chi connectivity index (χ1v) is 9.31. The molecule has 2 aromatic heterocycles. The summed E-state index contributed by atoms with van der Waals surface area (Å²) in [5.74, 6) is 1.13. The predicted octanol–water partition coefficient (Wildman–Crippen LogP) is 2.44. The second-order valence-corrected chi connectivity index (χ2v) is 7.59. The van der Waals surface area contributed by atoms with Crippen molar-refractivity contribution in [3.05, 3.63) is 40.5 Å². The summed E-state index contributed by atoms with van der Waals surface area (Å²) in [4.78, 5) is 24.9. The number of pyridine rings is 1. The van der Waals surface area contributed by atoms with Crippen LogP contribution in [0.4, 0.5) is 5.82 Å². The molecule has 7 nitrogen and oxygen atoms in total. The quantitative estimate of drug-likeness (QED) is 0.764. The maximum atomic E-state index is 12.4. The van der Waals surface area contributed by atoms with Gasteiger partial charge in [-0.25, -0.2) is 9.97 Å². The monoisotopic (exact) mass is 416 g/mol. The predicted molar refractivity (Wildman–Crippen MR) is 102 cm³/mol. The Balaban J connectivity index is 1.57. The van der Waals surface area contributed by atoms with Crippen LogP contribution in [0.3, 0.4) is 0 Å². The minimum Gasteiger partial charge on any atom is -0.356 e. The fourth-order valence-corrected chi connectivity index (χ4v) is 3.61. The highest BCUT2D eigenvalue weighted by Crippen LogP contribution is 2.26. The van der Waals surface area contributed by atoms with Crippen molar-refractivity contribution in [3.63, 3.8) is 0 Å². The molecule has 0 unspecified atom stereocenters. The molecule has 0 N–H and O–H groups in total. The second kappa shape index (κ2) is 7.87. The molecule has 0 aromatic carbocycles. The third kappa shape index (κ3) is 4.05. The van der Waals surface area contributed by atoms with Gasteiger partial charge in [0.05, 0.1) is 11.9 Å². The summed E-state index contributed by atoms with van der Waals surface area (Å²) in [5.41, 5.74) is 1.06. The summed E-state index contributed by atoms with van der Waals surface area (Å²) in [6.45, 7) is 2.38. The first-order chi connectivity index (χ1) is 12.5. The van der Waals surface area contributed by atoms with E-state index < -0.39 is 0 Å². The fraction of sp³-hybridized carbons (Fsp3) is 0.444. The number of hydrogen-bond donors (Lipinski definition) is 0. The number of aromatic nitrogens is 3. The molecule has 1 amide bonds. The van der Waals surface area contributed by atoms with E-state index in [1.165, 1.54) is 0 Å². The summed E-state index contributed by atoms with van der Waals surface area (Å²) >= 11 is 3.36. The third-order valence-electron chi connectivity index (χ3n) is 4.67. The lowest BCUT2D eigenvalue weighted by molar-refractivity contribution is 0.0759. The van der Waals surface area contributed by atoms with Crippen LogP contribution in [0.25, 0.3) is 0 Å². The molecule has 0 atom stereocenters. The molecule has 1 fully saturated rings. The van der Waals surface area contributed by atoms with E-state index in [1.807, 2.05) is 14.1 Å². The van der Waals surface area contributed by atoms with E-state index in [0.29, 0.717) is 23.7 Å². The van der Waals surface area contributed by atoms with Crippen LogP contribution in [-0.2, 0) is 7.05 Å². The lowest BCUT2D eigenvalue weighted by Gasteiger charge is -2.34. The number of carbonyl (C=O) groups excluding carboxylic acids is 1. The Hall–Kier alpha value is -2.40. The summed E-state index contributed by atoms with van der Waals surface area (Å²) in [5, 5.41) is 9.33. The Morgan fingerprint density at radius 2 is 2.15 bits per heavy atom. The van der Waals surface area contributed by atoms with Crippen molar-refractivity contribution in [2.24, 2.45) is 13.0 Å². The molecule has 1 aliphatic rings. The summed E-state index contributed by atoms with van der Waals surface area (Å²) in [6, 6.07) is 4.02. The van der Waals surface area contributed by atoms with Gasteiger partial charge in [-0.15, -0.1) is 0 Å². The zero-order valence-corrected chi connectivity index (χ0v) is 16.5. The molecule has 0 saturated carbocycles. The molecule has 1 aliphatic heterocycles. The van der Waals surface area contributed by atoms with Crippen LogP contribution in [-0.4, -0.2) is 52.0 Å². The molecule has 2 aromatic rings. The van der Waals surface area contributed by atoms with Gasteiger partial charge in [-0.3, -0.25) is 4.79 Å². The van der Waals surface area contributed by atoms with Gasteiger partial charge in [0.2, 0.25) is 0 Å². The van der Waals surface area contributed by atoms with E-state index >= 15 is 0 Å². The van der Waals surface area contributed by atoms with Crippen LogP contribution >= 0.6 is 15.9 Å². The highest BCUT2D eigenvalue weighted by atomic mass is 79.9. The molecule has 0 bridgehead atoms. The Bertz CT molecular complexity index is 834. The van der Waals surface area contributed by atoms with E-state index in [1.54, 1.807) is 34.3 Å². The van der Waals surface area contributed by atoms with Gasteiger partial charge in [0.15, 0.2) is 0 Å². The van der Waals surface area contributed by atoms with Gasteiger partial charge >= 0.3 is 0 Å². The van der Waals surface area contributed by atoms with Gasteiger partial charge in [-0.05, 0) is 40.8 Å². The maximum Gasteiger partial charge on any atom is 0.273 e. The van der Waals surface area contributed by atoms with Crippen LogP contribution in [0.5, 0.6) is 0 Å². The smallest absolute Gasteiger partial charge is 0.273 e. The number of rotatable bonds is 4. The number of amides is 1. The number of halogens is 1. The number of carbonyl (C=O) groups is 1. The molecule has 136 valence electrons. The second-order valence-electron chi connectivity index (χ2n) is 6.68. The largest absolute Gasteiger partial charge is 0.356 e. The van der Waals surface area contributed by atoms with Crippen molar-refractivity contribution in [2.45, 2.75) is 12.8 Å². The van der Waals surface area contributed by atoms with Gasteiger partial charge < -0.3 is 14.4 Å². The lowest BCUT2D eigenvalue weighted by Crippen LogP contribution is -2.40. The number of anilines is 1. The number of hydrogen-bond acceptors (Lipinski definition) is 5. The van der Waals surface area contributed by atoms with Crippen molar-refractivity contribution in [1.29, 1.82) is 5.26 Å². The van der Waals surface area contributed by atoms with E-state index in [9.17, 15) is 10.1 Å². The SMILES string of the molecule is CN(CC1CCN(c2ncc(Br)cc2C#N)CC1)C(=O)c1cn(C)cn1. The lowest BCUT2D eigenvalue weighted by atomic mass is 9.96. The van der Waals surface area contributed by atoms with Crippen LogP contribution in [0.1, 0.15) is 28.9 Å². The van der Waals surface area contributed by atoms with E-state index in [0.717, 1.165) is 36.2 Å². The van der Waals surface area contributed by atoms with Gasteiger partial charge in [0.1, 0.15) is 17.6 Å². The Kier molecular flexibility index (Phi) is 5.57. The Morgan fingerprint density at radius 3 is 2.77 bits per heavy atom. The Labute approximate surface area is 161 Å². The molecule has 1 saturated heterocycles. The van der Waals surface area contributed by atoms with Gasteiger partial charge in [0, 0.05) is 50.6 Å². The Morgan fingerprint density at radius 1 is 1.42 bits per heavy atom. The molecule has 0 spiro atoms. The van der Waals surface area contributed by atoms with Gasteiger partial charge in [-0.1, -0.05) is 0 Å². The van der Waals surface area contributed by atoms with Crippen molar-refractivity contribution in [3.8, 4) is 6.07 Å². The average Bonchev–Trinajstić information content (AvgIpc) is 3.08. The average molecular weight is 417 g/mol. The maximum absolute atomic E-state index is 12.4. The molecule has 0 radical (unpaired) electrons. The van der Waals surface area contributed by atoms with Gasteiger partial charge in [0.25, 0.3) is 5.91 Å². The summed E-state index contributed by atoms with van der Waals surface area (Å²) in [6.07, 6.45) is 7.02. The number of piperidine rings is 1. The normalized spacial score (nSPS) is 14.9. The first kappa shape index (κ1) is 18.4. The van der Waals surface area contributed by atoms with Crippen molar-refractivity contribution >= 4 is 27.7 Å². The zero-order valence-electron chi connectivity index (χ0n) is 14.9. The van der Waals surface area contributed by atoms with E-state index in [4.69, 9.17) is 0 Å². The third-order valence-corrected chi connectivity index (χ3v) is 5.10. The topological polar surface area (TPSA) is 78.0 Å². The summed E-state index contributed by atoms with van der Waals surface area (Å²) < 4.78 is 2.58. The number of nitriles is 1. The highest BCUT2D eigenvalue weighted by Gasteiger charge is 2.25. The standard InChI is InChI=1S/C18H21BrN6O/c1-23-11-16(22-12-23)18(26)24(2)10-13-3-5-25(6-4-13)17-14(8-20)7-15(19)9-21-17/h7,9,11-13H,3-6,10H2,1-2H3.